The molecule has 0 saturated carbocycles. The zero-order valence-electron chi connectivity index (χ0n) is 28.5. The molecular formula is C35H43N7O6S. The number of benzene rings is 3. The lowest BCUT2D eigenvalue weighted by Crippen LogP contribution is -2.36. The fraction of sp³-hybridized carbons (Fsp3) is 0.400. The van der Waals surface area contributed by atoms with Crippen molar-refractivity contribution in [2.75, 3.05) is 48.4 Å². The largest absolute Gasteiger partial charge is 0.507 e. The van der Waals surface area contributed by atoms with Gasteiger partial charge in [0.2, 0.25) is 10.0 Å². The first-order valence-corrected chi connectivity index (χ1v) is 18.2. The molecule has 2 amide bonds. The highest BCUT2D eigenvalue weighted by Gasteiger charge is 2.26. The number of fused-ring (bicyclic) bond motifs is 2. The summed E-state index contributed by atoms with van der Waals surface area (Å²) in [5, 5.41) is 24.9. The van der Waals surface area contributed by atoms with Gasteiger partial charge in [0.15, 0.2) is 11.6 Å². The molecule has 0 saturated heterocycles. The number of ether oxygens (including phenoxy) is 2. The molecule has 2 heterocycles. The second kappa shape index (κ2) is 13.6. The minimum Gasteiger partial charge on any atom is -0.507 e. The highest BCUT2D eigenvalue weighted by molar-refractivity contribution is 7.92. The molecule has 1 aliphatic carbocycles. The number of sulfonamides is 1. The summed E-state index contributed by atoms with van der Waals surface area (Å²) in [5.41, 5.74) is 4.61. The number of urea groups is 1. The predicted molar refractivity (Wildman–Crippen MR) is 189 cm³/mol. The third-order valence-electron chi connectivity index (χ3n) is 8.83. The summed E-state index contributed by atoms with van der Waals surface area (Å²) in [7, 11) is -2.17. The molecule has 14 heteroatoms. The molecule has 0 bridgehead atoms. The summed E-state index contributed by atoms with van der Waals surface area (Å²) < 4.78 is 40.6. The SMILES string of the molecule is COc1c(NC(=O)Nc2ccc(OCCN3CCn4c(nnc4-c4ccccc4O)C3)c3c2CCC3)cc(C(C)(C)C)cc1NS(C)(=O)=O. The van der Waals surface area contributed by atoms with Crippen LogP contribution >= 0.6 is 0 Å². The third kappa shape index (κ3) is 7.60. The van der Waals surface area contributed by atoms with E-state index in [4.69, 9.17) is 9.47 Å². The van der Waals surface area contributed by atoms with Crippen LogP contribution in [0, 0.1) is 0 Å². The molecule has 6 rings (SSSR count). The molecule has 1 aliphatic heterocycles. The molecule has 4 aromatic rings. The second-order valence-electron chi connectivity index (χ2n) is 13.5. The Morgan fingerprint density at radius 3 is 2.45 bits per heavy atom. The summed E-state index contributed by atoms with van der Waals surface area (Å²) in [6, 6.07) is 14.0. The van der Waals surface area contributed by atoms with E-state index < -0.39 is 16.1 Å². The van der Waals surface area contributed by atoms with Gasteiger partial charge in [0.1, 0.15) is 23.9 Å². The van der Waals surface area contributed by atoms with Gasteiger partial charge in [0, 0.05) is 25.3 Å². The first-order chi connectivity index (χ1) is 23.3. The van der Waals surface area contributed by atoms with E-state index in [-0.39, 0.29) is 22.6 Å². The van der Waals surface area contributed by atoms with Gasteiger partial charge in [0.05, 0.1) is 36.8 Å². The van der Waals surface area contributed by atoms with Crippen molar-refractivity contribution in [3.8, 4) is 28.6 Å². The fourth-order valence-electron chi connectivity index (χ4n) is 6.40. The summed E-state index contributed by atoms with van der Waals surface area (Å²) >= 11 is 0. The van der Waals surface area contributed by atoms with Gasteiger partial charge in [-0.1, -0.05) is 32.9 Å². The van der Waals surface area contributed by atoms with E-state index in [1.807, 2.05) is 45.0 Å². The molecule has 4 N–H and O–H groups in total. The Balaban J connectivity index is 1.11. The van der Waals surface area contributed by atoms with Gasteiger partial charge in [-0.2, -0.15) is 0 Å². The van der Waals surface area contributed by atoms with Gasteiger partial charge in [-0.25, -0.2) is 13.2 Å². The number of aromatic hydroxyl groups is 1. The Bertz CT molecular complexity index is 1990. The highest BCUT2D eigenvalue weighted by Crippen LogP contribution is 2.40. The van der Waals surface area contributed by atoms with Crippen LogP contribution in [0.15, 0.2) is 48.5 Å². The van der Waals surface area contributed by atoms with E-state index in [1.165, 1.54) is 7.11 Å². The average molecular weight is 690 g/mol. The highest BCUT2D eigenvalue weighted by atomic mass is 32.2. The van der Waals surface area contributed by atoms with Crippen molar-refractivity contribution in [1.82, 2.24) is 19.7 Å². The Kier molecular flexibility index (Phi) is 9.45. The molecule has 0 fully saturated rings. The molecule has 1 aromatic heterocycles. The van der Waals surface area contributed by atoms with E-state index in [0.29, 0.717) is 49.0 Å². The van der Waals surface area contributed by atoms with Crippen molar-refractivity contribution < 1.29 is 27.8 Å². The number of nitrogens with zero attached hydrogens (tertiary/aromatic N) is 4. The number of methoxy groups -OCH3 is 1. The zero-order chi connectivity index (χ0) is 34.9. The molecule has 0 atom stereocenters. The summed E-state index contributed by atoms with van der Waals surface area (Å²) in [6.45, 7) is 9.37. The van der Waals surface area contributed by atoms with Crippen LogP contribution in [-0.4, -0.2) is 72.3 Å². The molecule has 0 radical (unpaired) electrons. The number of carbonyl (C=O) groups is 1. The van der Waals surface area contributed by atoms with Crippen LogP contribution in [0.4, 0.5) is 21.9 Å². The molecule has 13 nitrogen and oxygen atoms in total. The lowest BCUT2D eigenvalue weighted by atomic mass is 9.86. The van der Waals surface area contributed by atoms with Crippen molar-refractivity contribution in [3.05, 3.63) is 71.0 Å². The van der Waals surface area contributed by atoms with Crippen LogP contribution in [0.1, 0.15) is 49.7 Å². The van der Waals surface area contributed by atoms with Gasteiger partial charge in [-0.05, 0) is 77.8 Å². The number of hydrogen-bond donors (Lipinski definition) is 4. The van der Waals surface area contributed by atoms with Crippen molar-refractivity contribution in [1.29, 1.82) is 0 Å². The number of amides is 2. The number of phenols is 1. The minimum atomic E-state index is -3.60. The second-order valence-corrected chi connectivity index (χ2v) is 15.2. The number of para-hydroxylation sites is 1. The number of aromatic nitrogens is 3. The summed E-state index contributed by atoms with van der Waals surface area (Å²) in [6.07, 6.45) is 3.69. The Labute approximate surface area is 286 Å². The van der Waals surface area contributed by atoms with E-state index in [9.17, 15) is 18.3 Å². The van der Waals surface area contributed by atoms with E-state index in [2.05, 4.69) is 35.0 Å². The van der Waals surface area contributed by atoms with Crippen molar-refractivity contribution >= 4 is 33.1 Å². The summed E-state index contributed by atoms with van der Waals surface area (Å²) in [4.78, 5) is 15.6. The van der Waals surface area contributed by atoms with Crippen LogP contribution in [0.3, 0.4) is 0 Å². The molecule has 260 valence electrons. The number of nitrogens with one attached hydrogen (secondary N) is 3. The maximum atomic E-state index is 13.3. The molecule has 0 unspecified atom stereocenters. The molecule has 3 aromatic carbocycles. The maximum Gasteiger partial charge on any atom is 0.323 e. The number of carbonyl (C=O) groups excluding carboxylic acids is 1. The van der Waals surface area contributed by atoms with Gasteiger partial charge in [-0.3, -0.25) is 9.62 Å². The van der Waals surface area contributed by atoms with E-state index in [0.717, 1.165) is 60.3 Å². The van der Waals surface area contributed by atoms with E-state index in [1.54, 1.807) is 24.3 Å². The molecular weight excluding hydrogens is 646 g/mol. The van der Waals surface area contributed by atoms with Crippen LogP contribution in [0.25, 0.3) is 11.4 Å². The van der Waals surface area contributed by atoms with Gasteiger partial charge in [-0.15, -0.1) is 10.2 Å². The van der Waals surface area contributed by atoms with Crippen LogP contribution < -0.4 is 24.8 Å². The average Bonchev–Trinajstić information content (AvgIpc) is 3.69. The standard InChI is InChI=1S/C35H43N7O6S/c1-35(2,3)22-19-27(32(47-4)28(20-22)40-49(5,45)46)37-34(44)36-26-13-14-30(24-11-8-10-23(24)26)48-18-17-41-15-16-42-31(21-41)38-39-33(42)25-9-6-7-12-29(25)43/h6-7,9,12-14,19-20,40,43H,8,10-11,15-18,21H2,1-5H3,(H2,36,37,44). The van der Waals surface area contributed by atoms with Crippen molar-refractivity contribution in [2.45, 2.75) is 58.5 Å². The smallest absolute Gasteiger partial charge is 0.323 e. The third-order valence-corrected chi connectivity index (χ3v) is 9.43. The quantitative estimate of drug-likeness (QED) is 0.172. The van der Waals surface area contributed by atoms with Crippen molar-refractivity contribution in [2.24, 2.45) is 0 Å². The van der Waals surface area contributed by atoms with Crippen molar-refractivity contribution in [3.63, 3.8) is 0 Å². The number of hydrogen-bond acceptors (Lipinski definition) is 9. The van der Waals surface area contributed by atoms with Gasteiger partial charge >= 0.3 is 6.03 Å². The Hall–Kier alpha value is -4.82. The number of anilines is 3. The van der Waals surface area contributed by atoms with Crippen LogP contribution in [0.5, 0.6) is 17.2 Å². The zero-order valence-corrected chi connectivity index (χ0v) is 29.3. The first-order valence-electron chi connectivity index (χ1n) is 16.3. The first kappa shape index (κ1) is 34.1. The number of phenolic OH excluding ortho intramolecular Hbond substituents is 1. The van der Waals surface area contributed by atoms with Crippen LogP contribution in [-0.2, 0) is 41.4 Å². The Morgan fingerprint density at radius 2 is 1.71 bits per heavy atom. The fourth-order valence-corrected chi connectivity index (χ4v) is 6.95. The number of rotatable bonds is 10. The van der Waals surface area contributed by atoms with Crippen LogP contribution in [0.2, 0.25) is 0 Å². The van der Waals surface area contributed by atoms with Gasteiger partial charge in [0.25, 0.3) is 0 Å². The predicted octanol–water partition coefficient (Wildman–Crippen LogP) is 5.36. The molecule has 2 aliphatic rings. The Morgan fingerprint density at radius 1 is 0.980 bits per heavy atom. The normalized spacial score (nSPS) is 14.6. The van der Waals surface area contributed by atoms with Gasteiger partial charge < -0.3 is 29.8 Å². The maximum absolute atomic E-state index is 13.3. The lowest BCUT2D eigenvalue weighted by Gasteiger charge is -2.27. The molecule has 0 spiro atoms. The monoisotopic (exact) mass is 689 g/mol. The molecule has 49 heavy (non-hydrogen) atoms. The minimum absolute atomic E-state index is 0.187. The summed E-state index contributed by atoms with van der Waals surface area (Å²) in [5.74, 6) is 2.74. The van der Waals surface area contributed by atoms with E-state index >= 15 is 0 Å². The topological polar surface area (TPSA) is 160 Å². The lowest BCUT2D eigenvalue weighted by molar-refractivity contribution is 0.174.